The monoisotopic (exact) mass is 337 g/mol. The molecular formula is C14H15F4NO4. The van der Waals surface area contributed by atoms with E-state index in [1.54, 1.807) is 0 Å². The number of hydrogen-bond acceptors (Lipinski definition) is 3. The van der Waals surface area contributed by atoms with Gasteiger partial charge in [-0.05, 0) is 26.8 Å². The van der Waals surface area contributed by atoms with Gasteiger partial charge in [0, 0.05) is 5.56 Å². The van der Waals surface area contributed by atoms with E-state index < -0.39 is 40.8 Å². The summed E-state index contributed by atoms with van der Waals surface area (Å²) in [5, 5.41) is 10.4. The minimum Gasteiger partial charge on any atom is -0.479 e. The highest BCUT2D eigenvalue weighted by molar-refractivity contribution is 5.87. The van der Waals surface area contributed by atoms with Gasteiger partial charge < -0.3 is 9.84 Å². The van der Waals surface area contributed by atoms with E-state index in [9.17, 15) is 27.2 Å². The third kappa shape index (κ3) is 3.91. The Balaban J connectivity index is 3.47. The summed E-state index contributed by atoms with van der Waals surface area (Å²) in [6, 6.07) is 3.41. The molecule has 1 aromatic carbocycles. The number of carboxylic acids is 1. The van der Waals surface area contributed by atoms with E-state index in [4.69, 9.17) is 5.11 Å². The number of carboxylic acid groups (broad SMARTS) is 1. The topological polar surface area (TPSA) is 75.6 Å². The van der Waals surface area contributed by atoms with Crippen molar-refractivity contribution in [3.63, 3.8) is 0 Å². The number of alkyl carbamates (subject to hydrolysis) is 1. The fourth-order valence-corrected chi connectivity index (χ4v) is 1.80. The number of rotatable bonds is 3. The number of halogens is 4. The number of benzene rings is 1. The lowest BCUT2D eigenvalue weighted by Gasteiger charge is -2.33. The lowest BCUT2D eigenvalue weighted by Crippen LogP contribution is -2.62. The normalized spacial score (nSPS) is 14.7. The minimum absolute atomic E-state index is 0.633. The van der Waals surface area contributed by atoms with E-state index in [1.165, 1.54) is 26.1 Å². The van der Waals surface area contributed by atoms with E-state index in [-0.39, 0.29) is 0 Å². The fourth-order valence-electron chi connectivity index (χ4n) is 1.80. The molecule has 0 aliphatic rings. The molecule has 23 heavy (non-hydrogen) atoms. The minimum atomic E-state index is -5.52. The van der Waals surface area contributed by atoms with Crippen molar-refractivity contribution in [2.24, 2.45) is 0 Å². The predicted molar refractivity (Wildman–Crippen MR) is 71.1 cm³/mol. The number of carbonyl (C=O) groups excluding carboxylic acids is 1. The van der Waals surface area contributed by atoms with Crippen LogP contribution in [0.4, 0.5) is 22.4 Å². The van der Waals surface area contributed by atoms with Crippen LogP contribution in [0.3, 0.4) is 0 Å². The van der Waals surface area contributed by atoms with Crippen molar-refractivity contribution in [1.82, 2.24) is 5.32 Å². The number of nitrogens with one attached hydrogen (secondary N) is 1. The van der Waals surface area contributed by atoms with Gasteiger partial charge in [0.15, 0.2) is 0 Å². The Hall–Kier alpha value is -2.32. The highest BCUT2D eigenvalue weighted by atomic mass is 19.4. The van der Waals surface area contributed by atoms with Crippen molar-refractivity contribution in [2.45, 2.75) is 38.1 Å². The van der Waals surface area contributed by atoms with Gasteiger partial charge in [-0.2, -0.15) is 13.2 Å². The summed E-state index contributed by atoms with van der Waals surface area (Å²) in [7, 11) is 0. The van der Waals surface area contributed by atoms with Crippen LogP contribution in [0, 0.1) is 5.82 Å². The van der Waals surface area contributed by atoms with Gasteiger partial charge in [0.1, 0.15) is 11.4 Å². The maximum Gasteiger partial charge on any atom is 0.427 e. The zero-order valence-corrected chi connectivity index (χ0v) is 12.5. The van der Waals surface area contributed by atoms with Gasteiger partial charge in [-0.3, -0.25) is 5.32 Å². The third-order valence-electron chi connectivity index (χ3n) is 2.71. The maximum absolute atomic E-state index is 13.8. The summed E-state index contributed by atoms with van der Waals surface area (Å²) in [4.78, 5) is 23.1. The molecule has 0 bridgehead atoms. The third-order valence-corrected chi connectivity index (χ3v) is 2.71. The van der Waals surface area contributed by atoms with Gasteiger partial charge >= 0.3 is 18.2 Å². The Kier molecular flexibility index (Phi) is 4.93. The van der Waals surface area contributed by atoms with Gasteiger partial charge in [0.05, 0.1) is 0 Å². The average molecular weight is 337 g/mol. The highest BCUT2D eigenvalue weighted by Gasteiger charge is 2.65. The first-order valence-electron chi connectivity index (χ1n) is 6.37. The van der Waals surface area contributed by atoms with Crippen LogP contribution >= 0.6 is 0 Å². The number of carbonyl (C=O) groups is 2. The van der Waals surface area contributed by atoms with Crippen LogP contribution in [0.5, 0.6) is 0 Å². The number of alkyl halides is 3. The molecule has 0 aliphatic carbocycles. The van der Waals surface area contributed by atoms with Gasteiger partial charge in [0.2, 0.25) is 0 Å². The smallest absolute Gasteiger partial charge is 0.427 e. The van der Waals surface area contributed by atoms with Gasteiger partial charge in [-0.15, -0.1) is 0 Å². The van der Waals surface area contributed by atoms with E-state index in [1.807, 2.05) is 0 Å². The molecule has 0 spiro atoms. The summed E-state index contributed by atoms with van der Waals surface area (Å²) >= 11 is 0. The molecule has 0 aliphatic heterocycles. The molecule has 5 nitrogen and oxygen atoms in total. The Morgan fingerprint density at radius 2 is 1.65 bits per heavy atom. The first kappa shape index (κ1) is 18.7. The SMILES string of the molecule is CC(C)(C)OC(=O)NC(C(=O)O)(c1ccccc1F)C(F)(F)F. The van der Waals surface area contributed by atoms with Crippen LogP contribution in [-0.4, -0.2) is 28.9 Å². The fraction of sp³-hybridized carbons (Fsp3) is 0.429. The second-order valence-electron chi connectivity index (χ2n) is 5.66. The molecule has 0 radical (unpaired) electrons. The van der Waals surface area contributed by atoms with Crippen LogP contribution in [0.15, 0.2) is 24.3 Å². The van der Waals surface area contributed by atoms with E-state index in [2.05, 4.69) is 4.74 Å². The number of amides is 1. The zero-order chi connectivity index (χ0) is 18.1. The van der Waals surface area contributed by atoms with Crippen molar-refractivity contribution >= 4 is 12.1 Å². The van der Waals surface area contributed by atoms with E-state index in [0.29, 0.717) is 12.1 Å². The predicted octanol–water partition coefficient (Wildman–Crippen LogP) is 3.19. The summed E-state index contributed by atoms with van der Waals surface area (Å²) in [5.74, 6) is -3.91. The van der Waals surface area contributed by atoms with Crippen LogP contribution < -0.4 is 5.32 Å². The van der Waals surface area contributed by atoms with Crippen LogP contribution in [0.1, 0.15) is 26.3 Å². The molecule has 128 valence electrons. The average Bonchev–Trinajstić information content (AvgIpc) is 2.32. The molecule has 1 atom stereocenters. The number of ether oxygens (including phenoxy) is 1. The van der Waals surface area contributed by atoms with E-state index >= 15 is 0 Å². The molecule has 0 fully saturated rings. The van der Waals surface area contributed by atoms with Crippen molar-refractivity contribution in [3.8, 4) is 0 Å². The lowest BCUT2D eigenvalue weighted by atomic mass is 9.88. The number of aliphatic carboxylic acids is 1. The van der Waals surface area contributed by atoms with Crippen LogP contribution in [0.2, 0.25) is 0 Å². The first-order chi connectivity index (χ1) is 10.3. The first-order valence-corrected chi connectivity index (χ1v) is 6.37. The van der Waals surface area contributed by atoms with Crippen LogP contribution in [-0.2, 0) is 15.1 Å². The van der Waals surface area contributed by atoms with Gasteiger partial charge in [0.25, 0.3) is 5.54 Å². The molecule has 1 aromatic rings. The summed E-state index contributed by atoms with van der Waals surface area (Å²) in [5.41, 5.74) is -6.39. The van der Waals surface area contributed by atoms with Crippen LogP contribution in [0.25, 0.3) is 0 Å². The quantitative estimate of drug-likeness (QED) is 0.831. The standard InChI is InChI=1S/C14H15F4NO4/c1-12(2,3)23-11(22)19-13(10(20)21,14(16,17)18)8-6-4-5-7-9(8)15/h4-7H,1-3H3,(H,19,22)(H,20,21). The van der Waals surface area contributed by atoms with Gasteiger partial charge in [-0.25, -0.2) is 14.0 Å². The summed E-state index contributed by atoms with van der Waals surface area (Å²) in [6.07, 6.45) is -7.15. The maximum atomic E-state index is 13.8. The summed E-state index contributed by atoms with van der Waals surface area (Å²) in [6.45, 7) is 4.14. The Morgan fingerprint density at radius 1 is 1.13 bits per heavy atom. The zero-order valence-electron chi connectivity index (χ0n) is 12.5. The molecule has 1 rings (SSSR count). The Labute approximate surface area is 129 Å². The molecule has 0 aromatic heterocycles. The molecule has 9 heteroatoms. The van der Waals surface area contributed by atoms with Crippen molar-refractivity contribution in [3.05, 3.63) is 35.6 Å². The second-order valence-corrected chi connectivity index (χ2v) is 5.66. The lowest BCUT2D eigenvalue weighted by molar-refractivity contribution is -0.212. The molecule has 0 saturated heterocycles. The molecule has 1 amide bonds. The largest absolute Gasteiger partial charge is 0.479 e. The number of hydrogen-bond donors (Lipinski definition) is 2. The summed E-state index contributed by atoms with van der Waals surface area (Å²) < 4.78 is 58.9. The molecule has 0 saturated carbocycles. The molecular weight excluding hydrogens is 322 g/mol. The van der Waals surface area contributed by atoms with Crippen molar-refractivity contribution in [1.29, 1.82) is 0 Å². The van der Waals surface area contributed by atoms with Crippen molar-refractivity contribution < 1.29 is 37.0 Å². The van der Waals surface area contributed by atoms with Crippen molar-refractivity contribution in [2.75, 3.05) is 0 Å². The molecule has 2 N–H and O–H groups in total. The van der Waals surface area contributed by atoms with Gasteiger partial charge in [-0.1, -0.05) is 18.2 Å². The Morgan fingerprint density at radius 3 is 2.04 bits per heavy atom. The van der Waals surface area contributed by atoms with E-state index in [0.717, 1.165) is 12.1 Å². The Bertz CT molecular complexity index is 610. The molecule has 1 unspecified atom stereocenters. The highest BCUT2D eigenvalue weighted by Crippen LogP contribution is 2.40. The second kappa shape index (κ2) is 6.05. The molecule has 0 heterocycles.